The zero-order valence-corrected chi connectivity index (χ0v) is 9.29. The zero-order valence-electron chi connectivity index (χ0n) is 8.47. The Hall–Kier alpha value is -1.48. The maximum atomic E-state index is 5.54. The number of nitrogens with zero attached hydrogens (tertiary/aromatic N) is 1. The fraction of sp³-hybridized carbons (Fsp3) is 0.0833. The van der Waals surface area contributed by atoms with Crippen molar-refractivity contribution < 1.29 is 0 Å². The van der Waals surface area contributed by atoms with E-state index in [-0.39, 0.29) is 0 Å². The molecule has 15 heavy (non-hydrogen) atoms. The van der Waals surface area contributed by atoms with E-state index in [9.17, 15) is 0 Å². The number of benzene rings is 1. The second kappa shape index (κ2) is 4.36. The van der Waals surface area contributed by atoms with Crippen LogP contribution in [-0.4, -0.2) is 11.2 Å². The van der Waals surface area contributed by atoms with Crippen LogP contribution in [0, 0.1) is 0 Å². The summed E-state index contributed by atoms with van der Waals surface area (Å²) >= 11 is 1.74. The minimum absolute atomic E-state index is 0.555. The first kappa shape index (κ1) is 10.1. The van der Waals surface area contributed by atoms with E-state index >= 15 is 0 Å². The monoisotopic (exact) mass is 216 g/mol. The van der Waals surface area contributed by atoms with Crippen molar-refractivity contribution in [3.63, 3.8) is 0 Å². The Balaban J connectivity index is 2.33. The van der Waals surface area contributed by atoms with E-state index < -0.39 is 0 Å². The number of nitrogen functional groups attached to an aromatic ring is 1. The molecule has 0 aliphatic heterocycles. The first-order chi connectivity index (χ1) is 7.29. The van der Waals surface area contributed by atoms with Gasteiger partial charge in [0.25, 0.3) is 0 Å². The maximum absolute atomic E-state index is 5.54. The van der Waals surface area contributed by atoms with Crippen molar-refractivity contribution in [3.8, 4) is 11.1 Å². The standard InChI is InChI=1S/C12H12N2S/c1-15-11-5-2-9(3-6-11)10-4-7-12(13)14-8-10/h2-8H,1H3,(H2,13,14). The number of rotatable bonds is 2. The van der Waals surface area contributed by atoms with Crippen LogP contribution in [0.1, 0.15) is 0 Å². The van der Waals surface area contributed by atoms with E-state index in [1.165, 1.54) is 10.5 Å². The van der Waals surface area contributed by atoms with E-state index in [0.717, 1.165) is 5.56 Å². The highest BCUT2D eigenvalue weighted by molar-refractivity contribution is 7.98. The molecule has 0 bridgehead atoms. The van der Waals surface area contributed by atoms with E-state index in [2.05, 4.69) is 35.5 Å². The Bertz CT molecular complexity index is 434. The first-order valence-electron chi connectivity index (χ1n) is 4.65. The molecule has 1 aromatic heterocycles. The molecule has 0 amide bonds. The van der Waals surface area contributed by atoms with E-state index in [0.29, 0.717) is 5.82 Å². The average Bonchev–Trinajstić information content (AvgIpc) is 2.30. The van der Waals surface area contributed by atoms with Crippen LogP contribution < -0.4 is 5.73 Å². The fourth-order valence-corrected chi connectivity index (χ4v) is 1.77. The normalized spacial score (nSPS) is 10.2. The molecule has 76 valence electrons. The molecule has 1 aromatic carbocycles. The summed E-state index contributed by atoms with van der Waals surface area (Å²) in [5.74, 6) is 0.555. The molecule has 2 rings (SSSR count). The maximum Gasteiger partial charge on any atom is 0.123 e. The van der Waals surface area contributed by atoms with Crippen molar-refractivity contribution in [2.45, 2.75) is 4.90 Å². The van der Waals surface area contributed by atoms with E-state index in [1.54, 1.807) is 18.0 Å². The Kier molecular flexibility index (Phi) is 2.92. The van der Waals surface area contributed by atoms with Crippen LogP contribution in [0.15, 0.2) is 47.5 Å². The van der Waals surface area contributed by atoms with Crippen molar-refractivity contribution in [1.82, 2.24) is 4.98 Å². The van der Waals surface area contributed by atoms with Gasteiger partial charge in [0, 0.05) is 16.7 Å². The van der Waals surface area contributed by atoms with Crippen molar-refractivity contribution >= 4 is 17.6 Å². The molecule has 0 atom stereocenters. The molecule has 0 aliphatic rings. The van der Waals surface area contributed by atoms with Crippen LogP contribution in [0.2, 0.25) is 0 Å². The van der Waals surface area contributed by atoms with Crippen molar-refractivity contribution in [2.24, 2.45) is 0 Å². The van der Waals surface area contributed by atoms with E-state index in [1.807, 2.05) is 12.1 Å². The van der Waals surface area contributed by atoms with Crippen molar-refractivity contribution in [3.05, 3.63) is 42.6 Å². The molecule has 2 aromatic rings. The summed E-state index contributed by atoms with van der Waals surface area (Å²) in [6.07, 6.45) is 3.86. The van der Waals surface area contributed by atoms with Gasteiger partial charge in [-0.15, -0.1) is 11.8 Å². The molecule has 0 saturated heterocycles. The lowest BCUT2D eigenvalue weighted by molar-refractivity contribution is 1.33. The number of anilines is 1. The molecule has 2 N–H and O–H groups in total. The Morgan fingerprint density at radius 1 is 1.00 bits per heavy atom. The fourth-order valence-electron chi connectivity index (χ4n) is 1.36. The first-order valence-corrected chi connectivity index (χ1v) is 5.88. The second-order valence-corrected chi connectivity index (χ2v) is 4.08. The summed E-state index contributed by atoms with van der Waals surface area (Å²) in [5, 5.41) is 0. The summed E-state index contributed by atoms with van der Waals surface area (Å²) in [6, 6.07) is 12.2. The van der Waals surface area contributed by atoms with Gasteiger partial charge in [0.15, 0.2) is 0 Å². The Labute approximate surface area is 93.5 Å². The summed E-state index contributed by atoms with van der Waals surface area (Å²) in [6.45, 7) is 0. The van der Waals surface area contributed by atoms with Crippen LogP contribution in [0.25, 0.3) is 11.1 Å². The van der Waals surface area contributed by atoms with Crippen LogP contribution in [0.5, 0.6) is 0 Å². The minimum Gasteiger partial charge on any atom is -0.384 e. The molecular formula is C12H12N2S. The third-order valence-electron chi connectivity index (χ3n) is 2.21. The number of aromatic nitrogens is 1. The molecule has 3 heteroatoms. The van der Waals surface area contributed by atoms with Gasteiger partial charge in [0.05, 0.1) is 0 Å². The van der Waals surface area contributed by atoms with Crippen LogP contribution in [0.3, 0.4) is 0 Å². The lowest BCUT2D eigenvalue weighted by Gasteiger charge is -2.02. The van der Waals surface area contributed by atoms with Gasteiger partial charge in [-0.2, -0.15) is 0 Å². The topological polar surface area (TPSA) is 38.9 Å². The predicted octanol–water partition coefficient (Wildman–Crippen LogP) is 3.05. The van der Waals surface area contributed by atoms with E-state index in [4.69, 9.17) is 5.73 Å². The third kappa shape index (κ3) is 2.30. The quantitative estimate of drug-likeness (QED) is 0.784. The lowest BCUT2D eigenvalue weighted by atomic mass is 10.1. The summed E-state index contributed by atoms with van der Waals surface area (Å²) in [4.78, 5) is 5.34. The van der Waals surface area contributed by atoms with Gasteiger partial charge in [-0.25, -0.2) is 4.98 Å². The second-order valence-electron chi connectivity index (χ2n) is 3.20. The predicted molar refractivity (Wildman–Crippen MR) is 65.9 cm³/mol. The molecule has 0 aliphatic carbocycles. The van der Waals surface area contributed by atoms with Gasteiger partial charge < -0.3 is 5.73 Å². The highest BCUT2D eigenvalue weighted by atomic mass is 32.2. The summed E-state index contributed by atoms with van der Waals surface area (Å²) in [5.41, 5.74) is 7.80. The average molecular weight is 216 g/mol. The smallest absolute Gasteiger partial charge is 0.123 e. The molecule has 0 radical (unpaired) electrons. The van der Waals surface area contributed by atoms with Crippen LogP contribution in [-0.2, 0) is 0 Å². The van der Waals surface area contributed by atoms with Crippen LogP contribution >= 0.6 is 11.8 Å². The molecular weight excluding hydrogens is 204 g/mol. The molecule has 1 heterocycles. The van der Waals surface area contributed by atoms with Gasteiger partial charge in [-0.05, 0) is 36.1 Å². The number of pyridine rings is 1. The Morgan fingerprint density at radius 3 is 2.20 bits per heavy atom. The van der Waals surface area contributed by atoms with Gasteiger partial charge in [0.2, 0.25) is 0 Å². The van der Waals surface area contributed by atoms with Gasteiger partial charge in [0.1, 0.15) is 5.82 Å². The minimum atomic E-state index is 0.555. The number of thioether (sulfide) groups is 1. The number of hydrogen-bond donors (Lipinski definition) is 1. The highest BCUT2D eigenvalue weighted by Gasteiger charge is 1.97. The van der Waals surface area contributed by atoms with Crippen molar-refractivity contribution in [2.75, 3.05) is 12.0 Å². The number of hydrogen-bond acceptors (Lipinski definition) is 3. The lowest BCUT2D eigenvalue weighted by Crippen LogP contribution is -1.88. The SMILES string of the molecule is CSc1ccc(-c2ccc(N)nc2)cc1. The molecule has 0 unspecified atom stereocenters. The molecule has 2 nitrogen and oxygen atoms in total. The van der Waals surface area contributed by atoms with Gasteiger partial charge >= 0.3 is 0 Å². The molecule has 0 spiro atoms. The number of nitrogens with two attached hydrogens (primary N) is 1. The van der Waals surface area contributed by atoms with Gasteiger partial charge in [-0.1, -0.05) is 12.1 Å². The molecule has 0 fully saturated rings. The summed E-state index contributed by atoms with van der Waals surface area (Å²) < 4.78 is 0. The van der Waals surface area contributed by atoms with Crippen LogP contribution in [0.4, 0.5) is 5.82 Å². The largest absolute Gasteiger partial charge is 0.384 e. The zero-order chi connectivity index (χ0) is 10.7. The van der Waals surface area contributed by atoms with Crippen molar-refractivity contribution in [1.29, 1.82) is 0 Å². The highest BCUT2D eigenvalue weighted by Crippen LogP contribution is 2.22. The van der Waals surface area contributed by atoms with Gasteiger partial charge in [-0.3, -0.25) is 0 Å². The summed E-state index contributed by atoms with van der Waals surface area (Å²) in [7, 11) is 0. The third-order valence-corrected chi connectivity index (χ3v) is 2.95. The molecule has 0 saturated carbocycles. The Morgan fingerprint density at radius 2 is 1.67 bits per heavy atom.